The predicted molar refractivity (Wildman–Crippen MR) is 103 cm³/mol. The van der Waals surface area contributed by atoms with E-state index in [4.69, 9.17) is 15.2 Å². The Bertz CT molecular complexity index is 453. The Morgan fingerprint density at radius 1 is 1.14 bits per heavy atom. The van der Waals surface area contributed by atoms with Gasteiger partial charge in [0.05, 0.1) is 13.2 Å². The molecule has 3 N–H and O–H groups in total. The fourth-order valence-corrected chi connectivity index (χ4v) is 1.77. The second-order valence-corrected chi connectivity index (χ2v) is 5.00. The van der Waals surface area contributed by atoms with Crippen LogP contribution < -0.4 is 11.1 Å². The Morgan fingerprint density at radius 3 is 2.59 bits per heavy atom. The van der Waals surface area contributed by atoms with E-state index in [0.717, 1.165) is 25.1 Å². The number of anilines is 1. The molecule has 0 aliphatic carbocycles. The molecular formula is C16H28IN3O2. The fourth-order valence-electron chi connectivity index (χ4n) is 1.77. The van der Waals surface area contributed by atoms with Gasteiger partial charge < -0.3 is 20.5 Å². The maximum absolute atomic E-state index is 5.87. The molecule has 0 heterocycles. The third kappa shape index (κ3) is 9.22. The number of nitrogens with one attached hydrogen (secondary N) is 1. The zero-order chi connectivity index (χ0) is 15.5. The Morgan fingerprint density at radius 2 is 1.91 bits per heavy atom. The molecule has 5 nitrogen and oxygen atoms in total. The molecule has 0 saturated carbocycles. The Balaban J connectivity index is 0.00000441. The van der Waals surface area contributed by atoms with Crippen LogP contribution >= 0.6 is 24.0 Å². The van der Waals surface area contributed by atoms with Gasteiger partial charge in [0.2, 0.25) is 0 Å². The number of nitrogens with zero attached hydrogens (tertiary/aromatic N) is 1. The number of aliphatic imine (C=N–C) groups is 1. The van der Waals surface area contributed by atoms with E-state index >= 15 is 0 Å². The lowest BCUT2D eigenvalue weighted by Gasteiger charge is -2.08. The number of benzene rings is 1. The Hall–Kier alpha value is -0.860. The van der Waals surface area contributed by atoms with Crippen molar-refractivity contribution < 1.29 is 9.47 Å². The highest BCUT2D eigenvalue weighted by Crippen LogP contribution is 2.13. The van der Waals surface area contributed by atoms with Crippen molar-refractivity contribution in [2.45, 2.75) is 26.7 Å². The van der Waals surface area contributed by atoms with Crippen LogP contribution in [-0.4, -0.2) is 39.4 Å². The van der Waals surface area contributed by atoms with Crippen molar-refractivity contribution in [2.75, 3.05) is 38.8 Å². The maximum atomic E-state index is 5.87. The van der Waals surface area contributed by atoms with E-state index in [-0.39, 0.29) is 24.0 Å². The number of hydrogen-bond acceptors (Lipinski definition) is 3. The van der Waals surface area contributed by atoms with Crippen LogP contribution in [-0.2, 0) is 9.47 Å². The Kier molecular flexibility index (Phi) is 12.2. The largest absolute Gasteiger partial charge is 0.382 e. The van der Waals surface area contributed by atoms with Crippen LogP contribution in [0.3, 0.4) is 0 Å². The van der Waals surface area contributed by atoms with E-state index in [1.54, 1.807) is 7.11 Å². The lowest BCUT2D eigenvalue weighted by atomic mass is 10.1. The van der Waals surface area contributed by atoms with E-state index in [2.05, 4.69) is 36.3 Å². The topological polar surface area (TPSA) is 68.9 Å². The van der Waals surface area contributed by atoms with Gasteiger partial charge in [-0.15, -0.1) is 24.0 Å². The standard InChI is InChI=1S/C16H27N3O2.HI/c1-13-6-7-15(12-14(13)2)19-16(17)18-8-4-5-9-21-11-10-20-3;/h6-7,12H,4-5,8-11H2,1-3H3,(H3,17,18,19);1H. The first-order valence-electron chi connectivity index (χ1n) is 7.34. The van der Waals surface area contributed by atoms with Gasteiger partial charge in [-0.2, -0.15) is 0 Å². The van der Waals surface area contributed by atoms with E-state index in [9.17, 15) is 0 Å². The van der Waals surface area contributed by atoms with Gasteiger partial charge in [-0.3, -0.25) is 4.99 Å². The summed E-state index contributed by atoms with van der Waals surface area (Å²) in [7, 11) is 1.67. The monoisotopic (exact) mass is 421 g/mol. The summed E-state index contributed by atoms with van der Waals surface area (Å²) in [6.45, 7) is 6.91. The first-order valence-corrected chi connectivity index (χ1v) is 7.34. The zero-order valence-corrected chi connectivity index (χ0v) is 16.1. The van der Waals surface area contributed by atoms with Gasteiger partial charge in [-0.05, 0) is 49.9 Å². The number of halogens is 1. The molecule has 0 amide bonds. The second kappa shape index (κ2) is 12.7. The number of nitrogens with two attached hydrogens (primary N) is 1. The molecule has 6 heteroatoms. The average molecular weight is 421 g/mol. The molecule has 0 atom stereocenters. The second-order valence-electron chi connectivity index (χ2n) is 5.00. The highest BCUT2D eigenvalue weighted by Gasteiger charge is 1.98. The molecule has 0 bridgehead atoms. The summed E-state index contributed by atoms with van der Waals surface area (Å²) in [6, 6.07) is 6.15. The Labute approximate surface area is 150 Å². The first-order chi connectivity index (χ1) is 10.1. The number of hydrogen-bond donors (Lipinski definition) is 2. The third-order valence-electron chi connectivity index (χ3n) is 3.19. The summed E-state index contributed by atoms with van der Waals surface area (Å²) in [5.74, 6) is 0.457. The first kappa shape index (κ1) is 21.1. The highest BCUT2D eigenvalue weighted by atomic mass is 127. The van der Waals surface area contributed by atoms with Gasteiger partial charge in [0, 0.05) is 25.9 Å². The molecule has 1 aromatic rings. The molecule has 0 aliphatic rings. The van der Waals surface area contributed by atoms with Gasteiger partial charge in [-0.1, -0.05) is 6.07 Å². The van der Waals surface area contributed by atoms with Gasteiger partial charge in [0.15, 0.2) is 5.96 Å². The number of ether oxygens (including phenoxy) is 2. The highest BCUT2D eigenvalue weighted by molar-refractivity contribution is 14.0. The van der Waals surface area contributed by atoms with Crippen LogP contribution in [0.5, 0.6) is 0 Å². The van der Waals surface area contributed by atoms with Crippen molar-refractivity contribution in [1.29, 1.82) is 0 Å². The number of unbranched alkanes of at least 4 members (excludes halogenated alkanes) is 1. The van der Waals surface area contributed by atoms with Crippen LogP contribution in [0.4, 0.5) is 5.69 Å². The van der Waals surface area contributed by atoms with Crippen LogP contribution in [0.2, 0.25) is 0 Å². The summed E-state index contributed by atoms with van der Waals surface area (Å²) in [4.78, 5) is 4.31. The number of guanidine groups is 1. The van der Waals surface area contributed by atoms with Crippen molar-refractivity contribution in [1.82, 2.24) is 0 Å². The summed E-state index contributed by atoms with van der Waals surface area (Å²) < 4.78 is 10.3. The van der Waals surface area contributed by atoms with Gasteiger partial charge in [0.25, 0.3) is 0 Å². The molecule has 0 aliphatic heterocycles. The van der Waals surface area contributed by atoms with Crippen molar-refractivity contribution in [3.05, 3.63) is 29.3 Å². The van der Waals surface area contributed by atoms with Crippen molar-refractivity contribution in [2.24, 2.45) is 10.7 Å². The van der Waals surface area contributed by atoms with Gasteiger partial charge in [-0.25, -0.2) is 0 Å². The summed E-state index contributed by atoms with van der Waals surface area (Å²) in [5.41, 5.74) is 9.34. The SMILES string of the molecule is COCCOCCCCN=C(N)Nc1ccc(C)c(C)c1.I. The van der Waals surface area contributed by atoms with E-state index in [1.807, 2.05) is 6.07 Å². The van der Waals surface area contributed by atoms with E-state index in [0.29, 0.717) is 25.7 Å². The van der Waals surface area contributed by atoms with Crippen molar-refractivity contribution in [3.63, 3.8) is 0 Å². The average Bonchev–Trinajstić information content (AvgIpc) is 2.46. The van der Waals surface area contributed by atoms with Gasteiger partial charge >= 0.3 is 0 Å². The number of methoxy groups -OCH3 is 1. The molecule has 22 heavy (non-hydrogen) atoms. The van der Waals surface area contributed by atoms with Crippen LogP contribution in [0, 0.1) is 13.8 Å². The minimum Gasteiger partial charge on any atom is -0.382 e. The normalized spacial score (nSPS) is 11.1. The molecule has 0 fully saturated rings. The van der Waals surface area contributed by atoms with Crippen LogP contribution in [0.25, 0.3) is 0 Å². The maximum Gasteiger partial charge on any atom is 0.193 e. The molecule has 1 rings (SSSR count). The molecule has 0 unspecified atom stereocenters. The minimum absolute atomic E-state index is 0. The summed E-state index contributed by atoms with van der Waals surface area (Å²) in [5, 5.41) is 3.11. The summed E-state index contributed by atoms with van der Waals surface area (Å²) >= 11 is 0. The molecule has 0 radical (unpaired) electrons. The van der Waals surface area contributed by atoms with Gasteiger partial charge in [0.1, 0.15) is 0 Å². The number of rotatable bonds is 9. The molecule has 126 valence electrons. The minimum atomic E-state index is 0. The molecule has 1 aromatic carbocycles. The predicted octanol–water partition coefficient (Wildman–Crippen LogP) is 3.09. The van der Waals surface area contributed by atoms with Crippen molar-refractivity contribution >= 4 is 35.6 Å². The van der Waals surface area contributed by atoms with Crippen molar-refractivity contribution in [3.8, 4) is 0 Å². The van der Waals surface area contributed by atoms with Crippen LogP contribution in [0.1, 0.15) is 24.0 Å². The summed E-state index contributed by atoms with van der Waals surface area (Å²) in [6.07, 6.45) is 1.94. The molecular weight excluding hydrogens is 393 g/mol. The molecule has 0 saturated heterocycles. The number of aryl methyl sites for hydroxylation is 2. The third-order valence-corrected chi connectivity index (χ3v) is 3.19. The fraction of sp³-hybridized carbons (Fsp3) is 0.562. The lowest BCUT2D eigenvalue weighted by Crippen LogP contribution is -2.23. The molecule has 0 aromatic heterocycles. The lowest BCUT2D eigenvalue weighted by molar-refractivity contribution is 0.0690. The van der Waals surface area contributed by atoms with E-state index < -0.39 is 0 Å². The smallest absolute Gasteiger partial charge is 0.193 e. The van der Waals surface area contributed by atoms with E-state index in [1.165, 1.54) is 11.1 Å². The quantitative estimate of drug-likeness (QED) is 0.278. The molecule has 0 spiro atoms. The van der Waals surface area contributed by atoms with Crippen LogP contribution in [0.15, 0.2) is 23.2 Å². The zero-order valence-electron chi connectivity index (χ0n) is 13.7.